The van der Waals surface area contributed by atoms with Crippen LogP contribution in [0, 0.1) is 47.3 Å². The van der Waals surface area contributed by atoms with Crippen molar-refractivity contribution in [2.24, 2.45) is 35.0 Å². The lowest BCUT2D eigenvalue weighted by atomic mass is 9.49. The van der Waals surface area contributed by atoms with Crippen molar-refractivity contribution in [1.29, 1.82) is 0 Å². The van der Waals surface area contributed by atoms with Crippen LogP contribution in [0.3, 0.4) is 0 Å². The van der Waals surface area contributed by atoms with Gasteiger partial charge in [0.2, 0.25) is 0 Å². The van der Waals surface area contributed by atoms with Gasteiger partial charge in [-0.05, 0) is 73.7 Å². The lowest BCUT2D eigenvalue weighted by Crippen LogP contribution is -2.50. The molecule has 0 aromatic heterocycles. The fourth-order valence-electron chi connectivity index (χ4n) is 6.37. The Bertz CT molecular complexity index is 569. The monoisotopic (exact) mass is 298 g/mol. The maximum Gasteiger partial charge on any atom is 0.155 e. The topological polar surface area (TPSA) is 37.3 Å². The van der Waals surface area contributed by atoms with E-state index in [2.05, 4.69) is 12.8 Å². The summed E-state index contributed by atoms with van der Waals surface area (Å²) in [6.07, 6.45) is 14.7. The Labute approximate surface area is 133 Å². The highest BCUT2D eigenvalue weighted by Crippen LogP contribution is 2.62. The van der Waals surface area contributed by atoms with E-state index in [9.17, 15) is 9.90 Å². The minimum atomic E-state index is -0.151. The second-order valence-electron chi connectivity index (χ2n) is 8.29. The average molecular weight is 298 g/mol. The Morgan fingerprint density at radius 3 is 2.91 bits per heavy atom. The molecule has 0 spiro atoms. The Balaban J connectivity index is 1.72. The van der Waals surface area contributed by atoms with Crippen LogP contribution in [0.15, 0.2) is 11.6 Å². The minimum absolute atomic E-state index is 0.0714. The molecule has 0 heterocycles. The van der Waals surface area contributed by atoms with E-state index < -0.39 is 0 Å². The summed E-state index contributed by atoms with van der Waals surface area (Å²) in [4.78, 5) is 11.8. The van der Waals surface area contributed by atoms with Gasteiger partial charge in [0.1, 0.15) is 0 Å². The fraction of sp³-hybridized carbons (Fsp3) is 0.750. The van der Waals surface area contributed by atoms with Gasteiger partial charge in [0, 0.05) is 12.3 Å². The number of hydrogen-bond donors (Lipinski definition) is 1. The van der Waals surface area contributed by atoms with E-state index in [0.717, 1.165) is 32.1 Å². The average Bonchev–Trinajstić information content (AvgIpc) is 2.81. The third kappa shape index (κ3) is 1.88. The van der Waals surface area contributed by atoms with Crippen molar-refractivity contribution in [3.8, 4) is 12.3 Å². The summed E-state index contributed by atoms with van der Waals surface area (Å²) in [7, 11) is 0. The van der Waals surface area contributed by atoms with E-state index in [1.165, 1.54) is 12.0 Å². The first kappa shape index (κ1) is 14.5. The van der Waals surface area contributed by atoms with Crippen molar-refractivity contribution < 1.29 is 9.90 Å². The summed E-state index contributed by atoms with van der Waals surface area (Å²) in [6, 6.07) is 0. The molecular weight excluding hydrogens is 272 g/mol. The number of aliphatic hydroxyl groups excluding tert-OH is 1. The summed E-state index contributed by atoms with van der Waals surface area (Å²) in [5, 5.41) is 10.5. The number of ketones is 1. The molecule has 0 saturated heterocycles. The molecule has 2 nitrogen and oxygen atoms in total. The highest BCUT2D eigenvalue weighted by Gasteiger charge is 2.58. The number of fused-ring (bicyclic) bond motifs is 5. The zero-order valence-corrected chi connectivity index (χ0v) is 13.4. The summed E-state index contributed by atoms with van der Waals surface area (Å²) < 4.78 is 0. The van der Waals surface area contributed by atoms with E-state index in [1.54, 1.807) is 0 Å². The van der Waals surface area contributed by atoms with Crippen molar-refractivity contribution in [2.75, 3.05) is 0 Å². The standard InChI is InChI=1S/C20H26O2/c1-3-12-10-13-11-14(21)4-5-15(13)16-8-9-20(2)17(19(12)16)6-7-18(20)22/h1,11-12,15-19,22H,4-10H2,2H3/t12-,15?,16?,17?,18+,19?,20+/m1/s1. The molecule has 7 atom stereocenters. The van der Waals surface area contributed by atoms with Crippen molar-refractivity contribution in [1.82, 2.24) is 0 Å². The maximum atomic E-state index is 11.8. The van der Waals surface area contributed by atoms with Crippen LogP contribution in [0.5, 0.6) is 0 Å². The minimum Gasteiger partial charge on any atom is -0.393 e. The van der Waals surface area contributed by atoms with Crippen LogP contribution in [0.2, 0.25) is 0 Å². The highest BCUT2D eigenvalue weighted by molar-refractivity contribution is 5.91. The molecule has 0 bridgehead atoms. The van der Waals surface area contributed by atoms with Gasteiger partial charge in [0.05, 0.1) is 6.10 Å². The van der Waals surface area contributed by atoms with Crippen LogP contribution in [-0.2, 0) is 4.79 Å². The summed E-state index contributed by atoms with van der Waals surface area (Å²) in [6.45, 7) is 2.29. The van der Waals surface area contributed by atoms with Crippen LogP contribution >= 0.6 is 0 Å². The summed E-state index contributed by atoms with van der Waals surface area (Å²) >= 11 is 0. The van der Waals surface area contributed by atoms with E-state index in [0.29, 0.717) is 30.1 Å². The van der Waals surface area contributed by atoms with Crippen molar-refractivity contribution in [3.63, 3.8) is 0 Å². The molecule has 4 aliphatic rings. The van der Waals surface area contributed by atoms with Gasteiger partial charge in [0.25, 0.3) is 0 Å². The quantitative estimate of drug-likeness (QED) is 0.696. The predicted molar refractivity (Wildman–Crippen MR) is 85.8 cm³/mol. The second-order valence-corrected chi connectivity index (χ2v) is 8.29. The molecule has 22 heavy (non-hydrogen) atoms. The number of carbonyl (C=O) groups excluding carboxylic acids is 1. The second kappa shape index (κ2) is 4.96. The Hall–Kier alpha value is -1.07. The molecule has 118 valence electrons. The molecule has 0 aromatic carbocycles. The van der Waals surface area contributed by atoms with Gasteiger partial charge in [0.15, 0.2) is 5.78 Å². The fourth-order valence-corrected chi connectivity index (χ4v) is 6.37. The first-order valence-electron chi connectivity index (χ1n) is 8.92. The van der Waals surface area contributed by atoms with Crippen molar-refractivity contribution >= 4 is 5.78 Å². The largest absolute Gasteiger partial charge is 0.393 e. The molecule has 0 radical (unpaired) electrons. The van der Waals surface area contributed by atoms with E-state index in [4.69, 9.17) is 6.42 Å². The first-order chi connectivity index (χ1) is 10.5. The molecule has 2 heteroatoms. The number of terminal acetylenes is 1. The Morgan fingerprint density at radius 2 is 2.14 bits per heavy atom. The molecule has 0 aliphatic heterocycles. The number of aliphatic hydroxyl groups is 1. The summed E-state index contributed by atoms with van der Waals surface area (Å²) in [5.41, 5.74) is 1.41. The summed E-state index contributed by atoms with van der Waals surface area (Å²) in [5.74, 6) is 5.95. The third-order valence-corrected chi connectivity index (χ3v) is 7.51. The van der Waals surface area contributed by atoms with E-state index in [1.807, 2.05) is 6.08 Å². The molecule has 0 aromatic rings. The number of carbonyl (C=O) groups is 1. The number of rotatable bonds is 0. The van der Waals surface area contributed by atoms with E-state index >= 15 is 0 Å². The van der Waals surface area contributed by atoms with Gasteiger partial charge in [-0.25, -0.2) is 0 Å². The first-order valence-corrected chi connectivity index (χ1v) is 8.92. The van der Waals surface area contributed by atoms with Gasteiger partial charge < -0.3 is 5.11 Å². The SMILES string of the molecule is C#C[C@@H]1CC2=CC(=O)CCC2C2CC[C@@]3(C)C(CC[C@@H]3O)C21. The van der Waals surface area contributed by atoms with Gasteiger partial charge in [-0.15, -0.1) is 12.3 Å². The molecule has 0 amide bonds. The Kier molecular flexibility index (Phi) is 3.28. The van der Waals surface area contributed by atoms with Crippen LogP contribution in [0.1, 0.15) is 51.9 Å². The van der Waals surface area contributed by atoms with Crippen LogP contribution < -0.4 is 0 Å². The van der Waals surface area contributed by atoms with Crippen LogP contribution in [0.25, 0.3) is 0 Å². The smallest absolute Gasteiger partial charge is 0.155 e. The maximum absolute atomic E-state index is 11.8. The van der Waals surface area contributed by atoms with Crippen LogP contribution in [-0.4, -0.2) is 17.0 Å². The molecule has 3 fully saturated rings. The zero-order valence-electron chi connectivity index (χ0n) is 13.4. The van der Waals surface area contributed by atoms with Gasteiger partial charge in [-0.3, -0.25) is 4.79 Å². The van der Waals surface area contributed by atoms with E-state index in [-0.39, 0.29) is 23.2 Å². The van der Waals surface area contributed by atoms with Crippen LogP contribution in [0.4, 0.5) is 0 Å². The molecular formula is C20H26O2. The third-order valence-electron chi connectivity index (χ3n) is 7.51. The zero-order chi connectivity index (χ0) is 15.5. The lowest BCUT2D eigenvalue weighted by molar-refractivity contribution is -0.116. The molecule has 4 aliphatic carbocycles. The lowest BCUT2D eigenvalue weighted by Gasteiger charge is -2.55. The molecule has 4 rings (SSSR count). The molecule has 1 N–H and O–H groups in total. The van der Waals surface area contributed by atoms with Gasteiger partial charge in [-0.2, -0.15) is 0 Å². The number of allylic oxidation sites excluding steroid dienone is 1. The predicted octanol–water partition coefficient (Wildman–Crippen LogP) is 3.35. The number of hydrogen-bond acceptors (Lipinski definition) is 2. The van der Waals surface area contributed by atoms with Gasteiger partial charge in [-0.1, -0.05) is 12.5 Å². The molecule has 3 saturated carbocycles. The highest BCUT2D eigenvalue weighted by atomic mass is 16.3. The Morgan fingerprint density at radius 1 is 1.32 bits per heavy atom. The van der Waals surface area contributed by atoms with Crippen molar-refractivity contribution in [3.05, 3.63) is 11.6 Å². The van der Waals surface area contributed by atoms with Crippen molar-refractivity contribution in [2.45, 2.75) is 58.0 Å². The normalized spacial score (nSPS) is 50.4. The van der Waals surface area contributed by atoms with Gasteiger partial charge >= 0.3 is 0 Å². The molecule has 4 unspecified atom stereocenters.